The summed E-state index contributed by atoms with van der Waals surface area (Å²) in [5.41, 5.74) is 7.14. The summed E-state index contributed by atoms with van der Waals surface area (Å²) in [4.78, 5) is 4.49. The molecule has 0 spiro atoms. The van der Waals surface area contributed by atoms with E-state index in [1.54, 1.807) is 6.07 Å². The van der Waals surface area contributed by atoms with Gasteiger partial charge in [-0.1, -0.05) is 37.2 Å². The van der Waals surface area contributed by atoms with E-state index in [4.69, 9.17) is 15.7 Å². The number of para-hydroxylation sites is 1. The van der Waals surface area contributed by atoms with Crippen molar-refractivity contribution in [1.29, 1.82) is 0 Å². The molecule has 5 nitrogen and oxygen atoms in total. The van der Waals surface area contributed by atoms with Crippen LogP contribution in [0.25, 0.3) is 10.9 Å². The standard InChI is InChI=1S/C16H21N3O2/c1-10(2)8-11(3)21-15-9-13(16(17)19-20)12-6-4-5-7-14(12)18-15/h4-7,9-11,20H,8H2,1-3H3,(H2,17,19). The average molecular weight is 287 g/mol. The molecule has 0 aliphatic rings. The van der Waals surface area contributed by atoms with Crippen molar-refractivity contribution in [1.82, 2.24) is 4.98 Å². The molecule has 112 valence electrons. The first-order valence-corrected chi connectivity index (χ1v) is 7.05. The Morgan fingerprint density at radius 1 is 1.33 bits per heavy atom. The van der Waals surface area contributed by atoms with Crippen LogP contribution in [0.3, 0.4) is 0 Å². The fourth-order valence-electron chi connectivity index (χ4n) is 2.40. The maximum Gasteiger partial charge on any atom is 0.214 e. The molecule has 2 rings (SSSR count). The predicted molar refractivity (Wildman–Crippen MR) is 83.8 cm³/mol. The molecule has 0 radical (unpaired) electrons. The Morgan fingerprint density at radius 3 is 2.71 bits per heavy atom. The first kappa shape index (κ1) is 15.1. The zero-order valence-corrected chi connectivity index (χ0v) is 12.6. The highest BCUT2D eigenvalue weighted by atomic mass is 16.5. The summed E-state index contributed by atoms with van der Waals surface area (Å²) >= 11 is 0. The number of pyridine rings is 1. The Balaban J connectivity index is 2.42. The van der Waals surface area contributed by atoms with Crippen molar-refractivity contribution >= 4 is 16.7 Å². The number of benzene rings is 1. The molecule has 0 amide bonds. The van der Waals surface area contributed by atoms with Crippen LogP contribution in [0.2, 0.25) is 0 Å². The molecule has 1 aromatic heterocycles. The topological polar surface area (TPSA) is 80.7 Å². The minimum atomic E-state index is 0.0509. The molecule has 0 fully saturated rings. The molecule has 0 saturated heterocycles. The number of ether oxygens (including phenoxy) is 1. The Labute approximate surface area is 124 Å². The molecule has 2 aromatic rings. The van der Waals surface area contributed by atoms with Gasteiger partial charge in [0.1, 0.15) is 0 Å². The molecule has 1 aromatic carbocycles. The highest BCUT2D eigenvalue weighted by Crippen LogP contribution is 2.23. The summed E-state index contributed by atoms with van der Waals surface area (Å²) in [6, 6.07) is 9.27. The van der Waals surface area contributed by atoms with Gasteiger partial charge in [0.05, 0.1) is 11.6 Å². The lowest BCUT2D eigenvalue weighted by Gasteiger charge is -2.17. The van der Waals surface area contributed by atoms with Crippen molar-refractivity contribution in [2.24, 2.45) is 16.8 Å². The van der Waals surface area contributed by atoms with Crippen LogP contribution < -0.4 is 10.5 Å². The van der Waals surface area contributed by atoms with Crippen LogP contribution in [0.5, 0.6) is 5.88 Å². The summed E-state index contributed by atoms with van der Waals surface area (Å²) < 4.78 is 5.87. The highest BCUT2D eigenvalue weighted by Gasteiger charge is 2.13. The number of rotatable bonds is 5. The first-order chi connectivity index (χ1) is 10.0. The zero-order valence-electron chi connectivity index (χ0n) is 12.6. The highest BCUT2D eigenvalue weighted by molar-refractivity contribution is 6.08. The largest absolute Gasteiger partial charge is 0.475 e. The van der Waals surface area contributed by atoms with Gasteiger partial charge in [-0.05, 0) is 25.3 Å². The molecule has 3 N–H and O–H groups in total. The lowest BCUT2D eigenvalue weighted by atomic mass is 10.1. The molecule has 0 bridgehead atoms. The Kier molecular flexibility index (Phi) is 4.62. The van der Waals surface area contributed by atoms with E-state index < -0.39 is 0 Å². The van der Waals surface area contributed by atoms with Gasteiger partial charge < -0.3 is 15.7 Å². The summed E-state index contributed by atoms with van der Waals surface area (Å²) in [5, 5.41) is 12.9. The molecule has 1 unspecified atom stereocenters. The van der Waals surface area contributed by atoms with Crippen LogP contribution in [0.15, 0.2) is 35.5 Å². The monoisotopic (exact) mass is 287 g/mol. The van der Waals surface area contributed by atoms with E-state index >= 15 is 0 Å². The lowest BCUT2D eigenvalue weighted by molar-refractivity contribution is 0.186. The van der Waals surface area contributed by atoms with Gasteiger partial charge in [-0.25, -0.2) is 4.98 Å². The van der Waals surface area contributed by atoms with Crippen LogP contribution in [-0.2, 0) is 0 Å². The van der Waals surface area contributed by atoms with E-state index in [2.05, 4.69) is 24.0 Å². The van der Waals surface area contributed by atoms with E-state index in [0.29, 0.717) is 17.4 Å². The fraction of sp³-hybridized carbons (Fsp3) is 0.375. The summed E-state index contributed by atoms with van der Waals surface area (Å²) in [7, 11) is 0. The number of hydrogen-bond acceptors (Lipinski definition) is 4. The molecule has 0 aliphatic carbocycles. The number of hydrogen-bond donors (Lipinski definition) is 2. The lowest BCUT2D eigenvalue weighted by Crippen LogP contribution is -2.17. The van der Waals surface area contributed by atoms with Crippen molar-refractivity contribution in [3.63, 3.8) is 0 Å². The van der Waals surface area contributed by atoms with Gasteiger partial charge in [0.15, 0.2) is 5.84 Å². The second kappa shape index (κ2) is 6.43. The molecular formula is C16H21N3O2. The summed E-state index contributed by atoms with van der Waals surface area (Å²) in [6.45, 7) is 6.31. The molecular weight excluding hydrogens is 266 g/mol. The van der Waals surface area contributed by atoms with Gasteiger partial charge in [0.25, 0.3) is 0 Å². The number of aromatic nitrogens is 1. The number of amidine groups is 1. The van der Waals surface area contributed by atoms with Crippen LogP contribution in [0, 0.1) is 5.92 Å². The van der Waals surface area contributed by atoms with Crippen molar-refractivity contribution in [3.05, 3.63) is 35.9 Å². The first-order valence-electron chi connectivity index (χ1n) is 7.05. The third kappa shape index (κ3) is 3.62. The van der Waals surface area contributed by atoms with Gasteiger partial charge >= 0.3 is 0 Å². The zero-order chi connectivity index (χ0) is 15.4. The summed E-state index contributed by atoms with van der Waals surface area (Å²) in [5.74, 6) is 1.09. The second-order valence-electron chi connectivity index (χ2n) is 5.57. The van der Waals surface area contributed by atoms with Crippen LogP contribution in [0.4, 0.5) is 0 Å². The smallest absolute Gasteiger partial charge is 0.214 e. The molecule has 21 heavy (non-hydrogen) atoms. The summed E-state index contributed by atoms with van der Waals surface area (Å²) in [6.07, 6.45) is 0.992. The van der Waals surface area contributed by atoms with Crippen molar-refractivity contribution in [2.75, 3.05) is 0 Å². The normalized spacial score (nSPS) is 13.6. The van der Waals surface area contributed by atoms with Crippen molar-refractivity contribution < 1.29 is 9.94 Å². The van der Waals surface area contributed by atoms with Gasteiger partial charge in [-0.3, -0.25) is 0 Å². The molecule has 0 saturated carbocycles. The molecule has 1 heterocycles. The fourth-order valence-corrected chi connectivity index (χ4v) is 2.40. The predicted octanol–water partition coefficient (Wildman–Crippen LogP) is 3.14. The molecule has 5 heteroatoms. The van der Waals surface area contributed by atoms with Gasteiger partial charge in [-0.2, -0.15) is 0 Å². The number of nitrogens with zero attached hydrogens (tertiary/aromatic N) is 2. The second-order valence-corrected chi connectivity index (χ2v) is 5.57. The van der Waals surface area contributed by atoms with E-state index in [1.807, 2.05) is 31.2 Å². The van der Waals surface area contributed by atoms with Gasteiger partial charge in [-0.15, -0.1) is 0 Å². The number of nitrogens with two attached hydrogens (primary N) is 1. The van der Waals surface area contributed by atoms with Gasteiger partial charge in [0.2, 0.25) is 5.88 Å². The maximum absolute atomic E-state index is 8.94. The minimum Gasteiger partial charge on any atom is -0.475 e. The Bertz CT molecular complexity index is 653. The van der Waals surface area contributed by atoms with Gasteiger partial charge in [0, 0.05) is 17.0 Å². The Hall–Kier alpha value is -2.30. The number of oxime groups is 1. The van der Waals surface area contributed by atoms with E-state index in [0.717, 1.165) is 17.3 Å². The minimum absolute atomic E-state index is 0.0509. The number of fused-ring (bicyclic) bond motifs is 1. The third-order valence-electron chi connectivity index (χ3n) is 3.20. The van der Waals surface area contributed by atoms with Crippen molar-refractivity contribution in [3.8, 4) is 5.88 Å². The average Bonchev–Trinajstić information content (AvgIpc) is 2.44. The SMILES string of the molecule is CC(C)CC(C)Oc1cc(C(N)=NO)c2ccccc2n1. The maximum atomic E-state index is 8.94. The molecule has 0 aliphatic heterocycles. The third-order valence-corrected chi connectivity index (χ3v) is 3.20. The van der Waals surface area contributed by atoms with Crippen LogP contribution in [0.1, 0.15) is 32.8 Å². The molecule has 1 atom stereocenters. The quantitative estimate of drug-likeness (QED) is 0.383. The van der Waals surface area contributed by atoms with E-state index in [-0.39, 0.29) is 11.9 Å². The van der Waals surface area contributed by atoms with Crippen LogP contribution >= 0.6 is 0 Å². The van der Waals surface area contributed by atoms with E-state index in [1.165, 1.54) is 0 Å². The van der Waals surface area contributed by atoms with E-state index in [9.17, 15) is 0 Å². The Morgan fingerprint density at radius 2 is 2.05 bits per heavy atom. The van der Waals surface area contributed by atoms with Crippen LogP contribution in [-0.4, -0.2) is 22.1 Å². The van der Waals surface area contributed by atoms with Crippen molar-refractivity contribution in [2.45, 2.75) is 33.3 Å².